The molecule has 1 nitrogen and oxygen atoms in total. The molecule has 0 spiro atoms. The Bertz CT molecular complexity index is 314. The zero-order valence-electron chi connectivity index (χ0n) is 8.50. The smallest absolute Gasteiger partial charge is 0.0103 e. The molecule has 1 fully saturated rings. The summed E-state index contributed by atoms with van der Waals surface area (Å²) in [6.45, 7) is 6.72. The highest BCUT2D eigenvalue weighted by Gasteiger charge is 2.47. The Morgan fingerprint density at radius 1 is 1.46 bits per heavy atom. The third-order valence-electron chi connectivity index (χ3n) is 3.45. The normalized spacial score (nSPS) is 31.4. The molecule has 1 aliphatic carbocycles. The van der Waals surface area contributed by atoms with Crippen molar-refractivity contribution in [2.45, 2.75) is 39.2 Å². The largest absolute Gasteiger partial charge is 0.327 e. The summed E-state index contributed by atoms with van der Waals surface area (Å²) in [5.74, 6) is 0.696. The predicted octanol–water partition coefficient (Wildman–Crippen LogP) is 2.90. The van der Waals surface area contributed by atoms with E-state index >= 15 is 0 Å². The zero-order valence-corrected chi connectivity index (χ0v) is 9.32. The lowest BCUT2D eigenvalue weighted by Gasteiger charge is -2.50. The summed E-state index contributed by atoms with van der Waals surface area (Å²) in [7, 11) is 0. The van der Waals surface area contributed by atoms with Crippen molar-refractivity contribution < 1.29 is 0 Å². The van der Waals surface area contributed by atoms with Crippen LogP contribution >= 0.6 is 11.3 Å². The summed E-state index contributed by atoms with van der Waals surface area (Å²) in [4.78, 5) is 2.93. The van der Waals surface area contributed by atoms with Crippen molar-refractivity contribution in [1.29, 1.82) is 0 Å². The van der Waals surface area contributed by atoms with Gasteiger partial charge in [-0.15, -0.1) is 11.3 Å². The van der Waals surface area contributed by atoms with Crippen LogP contribution in [0.15, 0.2) is 12.1 Å². The third-order valence-corrected chi connectivity index (χ3v) is 4.56. The molecule has 13 heavy (non-hydrogen) atoms. The zero-order chi connectivity index (χ0) is 9.64. The molecular formula is C11H17NS. The van der Waals surface area contributed by atoms with Gasteiger partial charge in [0.15, 0.2) is 0 Å². The van der Waals surface area contributed by atoms with E-state index in [2.05, 4.69) is 32.9 Å². The van der Waals surface area contributed by atoms with Gasteiger partial charge >= 0.3 is 0 Å². The number of aryl methyl sites for hydroxylation is 1. The summed E-state index contributed by atoms with van der Waals surface area (Å²) in [5.41, 5.74) is 6.30. The highest BCUT2D eigenvalue weighted by molar-refractivity contribution is 7.12. The van der Waals surface area contributed by atoms with Gasteiger partial charge in [0.1, 0.15) is 0 Å². The molecule has 1 saturated carbocycles. The number of hydrogen-bond donors (Lipinski definition) is 1. The molecular weight excluding hydrogens is 178 g/mol. The van der Waals surface area contributed by atoms with Crippen LogP contribution in [0.3, 0.4) is 0 Å². The van der Waals surface area contributed by atoms with Crippen molar-refractivity contribution in [1.82, 2.24) is 0 Å². The van der Waals surface area contributed by atoms with Crippen molar-refractivity contribution in [2.75, 3.05) is 0 Å². The van der Waals surface area contributed by atoms with Gasteiger partial charge in [0.25, 0.3) is 0 Å². The standard InChI is InChI=1S/C11H17NS/c1-7-4-5-9(13-7)8-6-10(12)11(8,2)3/h4-5,8,10H,6,12H2,1-3H3. The molecule has 0 saturated heterocycles. The molecule has 2 N–H and O–H groups in total. The van der Waals surface area contributed by atoms with Crippen molar-refractivity contribution >= 4 is 11.3 Å². The number of rotatable bonds is 1. The Morgan fingerprint density at radius 3 is 2.54 bits per heavy atom. The first kappa shape index (κ1) is 9.22. The first-order chi connectivity index (χ1) is 6.01. The van der Waals surface area contributed by atoms with Crippen LogP contribution in [0.5, 0.6) is 0 Å². The van der Waals surface area contributed by atoms with Crippen LogP contribution in [-0.4, -0.2) is 6.04 Å². The van der Waals surface area contributed by atoms with Crippen molar-refractivity contribution in [3.8, 4) is 0 Å². The molecule has 1 aromatic rings. The van der Waals surface area contributed by atoms with Crippen LogP contribution in [-0.2, 0) is 0 Å². The highest BCUT2D eigenvalue weighted by Crippen LogP contribution is 2.52. The Morgan fingerprint density at radius 2 is 2.15 bits per heavy atom. The Kier molecular flexibility index (Phi) is 2.00. The van der Waals surface area contributed by atoms with Crippen LogP contribution in [0.25, 0.3) is 0 Å². The SMILES string of the molecule is Cc1ccc(C2CC(N)C2(C)C)s1. The van der Waals surface area contributed by atoms with E-state index in [9.17, 15) is 0 Å². The Hall–Kier alpha value is -0.340. The molecule has 0 aliphatic heterocycles. The van der Waals surface area contributed by atoms with Crippen molar-refractivity contribution in [3.63, 3.8) is 0 Å². The van der Waals surface area contributed by atoms with Crippen LogP contribution < -0.4 is 5.73 Å². The van der Waals surface area contributed by atoms with Gasteiger partial charge in [-0.05, 0) is 30.9 Å². The molecule has 0 bridgehead atoms. The number of nitrogens with two attached hydrogens (primary N) is 1. The second-order valence-electron chi connectivity index (χ2n) is 4.66. The summed E-state index contributed by atoms with van der Waals surface area (Å²) in [6, 6.07) is 4.86. The second kappa shape index (κ2) is 2.82. The van der Waals surface area contributed by atoms with Gasteiger partial charge in [-0.1, -0.05) is 13.8 Å². The minimum Gasteiger partial charge on any atom is -0.327 e. The molecule has 1 heterocycles. The number of hydrogen-bond acceptors (Lipinski definition) is 2. The molecule has 1 aliphatic rings. The summed E-state index contributed by atoms with van der Waals surface area (Å²) >= 11 is 1.92. The molecule has 2 unspecified atom stereocenters. The van der Waals surface area contributed by atoms with Crippen molar-refractivity contribution in [3.05, 3.63) is 21.9 Å². The van der Waals surface area contributed by atoms with E-state index in [1.54, 1.807) is 0 Å². The lowest BCUT2D eigenvalue weighted by atomic mass is 9.58. The van der Waals surface area contributed by atoms with Crippen LogP contribution in [0, 0.1) is 12.3 Å². The molecule has 0 radical (unpaired) electrons. The molecule has 1 aromatic heterocycles. The Balaban J connectivity index is 2.21. The second-order valence-corrected chi connectivity index (χ2v) is 5.98. The van der Waals surface area contributed by atoms with E-state index < -0.39 is 0 Å². The van der Waals surface area contributed by atoms with Crippen LogP contribution in [0.2, 0.25) is 0 Å². The fourth-order valence-corrected chi connectivity index (χ4v) is 3.27. The minimum atomic E-state index is 0.303. The van der Waals surface area contributed by atoms with E-state index in [1.807, 2.05) is 11.3 Å². The highest BCUT2D eigenvalue weighted by atomic mass is 32.1. The van der Waals surface area contributed by atoms with E-state index in [1.165, 1.54) is 9.75 Å². The lowest BCUT2D eigenvalue weighted by molar-refractivity contribution is 0.101. The molecule has 0 aromatic carbocycles. The van der Waals surface area contributed by atoms with E-state index in [0.29, 0.717) is 17.4 Å². The van der Waals surface area contributed by atoms with Gasteiger partial charge in [-0.2, -0.15) is 0 Å². The molecule has 0 amide bonds. The lowest BCUT2D eigenvalue weighted by Crippen LogP contribution is -2.52. The summed E-state index contributed by atoms with van der Waals surface area (Å²) in [5, 5.41) is 0. The average Bonchev–Trinajstić information content (AvgIpc) is 2.47. The topological polar surface area (TPSA) is 26.0 Å². The van der Waals surface area contributed by atoms with E-state index in [0.717, 1.165) is 6.42 Å². The monoisotopic (exact) mass is 195 g/mol. The minimum absolute atomic E-state index is 0.303. The molecule has 2 heteroatoms. The van der Waals surface area contributed by atoms with Gasteiger partial charge in [0.2, 0.25) is 0 Å². The van der Waals surface area contributed by atoms with E-state index in [-0.39, 0.29) is 0 Å². The van der Waals surface area contributed by atoms with Crippen LogP contribution in [0.4, 0.5) is 0 Å². The first-order valence-corrected chi connectivity index (χ1v) is 5.65. The third kappa shape index (κ3) is 1.32. The first-order valence-electron chi connectivity index (χ1n) is 4.83. The van der Waals surface area contributed by atoms with Gasteiger partial charge < -0.3 is 5.73 Å². The van der Waals surface area contributed by atoms with Crippen LogP contribution in [0.1, 0.15) is 35.9 Å². The quantitative estimate of drug-likeness (QED) is 0.732. The maximum Gasteiger partial charge on any atom is 0.0103 e. The molecule has 2 rings (SSSR count). The fraction of sp³-hybridized carbons (Fsp3) is 0.636. The summed E-state index contributed by atoms with van der Waals surface area (Å²) < 4.78 is 0. The number of thiophene rings is 1. The molecule has 2 atom stereocenters. The van der Waals surface area contributed by atoms with Crippen molar-refractivity contribution in [2.24, 2.45) is 11.1 Å². The van der Waals surface area contributed by atoms with Gasteiger partial charge in [-0.25, -0.2) is 0 Å². The van der Waals surface area contributed by atoms with Gasteiger partial charge in [0.05, 0.1) is 0 Å². The van der Waals surface area contributed by atoms with Gasteiger partial charge in [-0.3, -0.25) is 0 Å². The summed E-state index contributed by atoms with van der Waals surface area (Å²) in [6.07, 6.45) is 1.16. The molecule has 72 valence electrons. The fourth-order valence-electron chi connectivity index (χ4n) is 2.08. The van der Waals surface area contributed by atoms with E-state index in [4.69, 9.17) is 5.73 Å². The predicted molar refractivity (Wildman–Crippen MR) is 58.2 cm³/mol. The average molecular weight is 195 g/mol. The Labute approximate surface area is 84.0 Å². The maximum atomic E-state index is 6.00. The van der Waals surface area contributed by atoms with Gasteiger partial charge in [0, 0.05) is 21.7 Å². The maximum absolute atomic E-state index is 6.00.